The third-order valence-electron chi connectivity index (χ3n) is 5.05. The molecule has 0 saturated carbocycles. The summed E-state index contributed by atoms with van der Waals surface area (Å²) in [4.78, 5) is 27.4. The summed E-state index contributed by atoms with van der Waals surface area (Å²) in [7, 11) is 0. The zero-order valence-corrected chi connectivity index (χ0v) is 17.2. The summed E-state index contributed by atoms with van der Waals surface area (Å²) >= 11 is 0. The van der Waals surface area contributed by atoms with Crippen LogP contribution >= 0.6 is 0 Å². The van der Waals surface area contributed by atoms with Crippen LogP contribution in [-0.4, -0.2) is 26.6 Å². The van der Waals surface area contributed by atoms with Crippen molar-refractivity contribution in [2.24, 2.45) is 4.99 Å². The second-order valence-corrected chi connectivity index (χ2v) is 7.22. The molecule has 0 spiro atoms. The van der Waals surface area contributed by atoms with Crippen LogP contribution in [0, 0.1) is 10.1 Å². The van der Waals surface area contributed by atoms with Gasteiger partial charge in [0, 0.05) is 35.0 Å². The second-order valence-electron chi connectivity index (χ2n) is 7.22. The molecule has 160 valence electrons. The van der Waals surface area contributed by atoms with Gasteiger partial charge in [0.15, 0.2) is 5.70 Å². The molecule has 4 aromatic rings. The highest BCUT2D eigenvalue weighted by atomic mass is 16.6. The minimum absolute atomic E-state index is 0.0161. The van der Waals surface area contributed by atoms with Crippen LogP contribution < -0.4 is 0 Å². The van der Waals surface area contributed by atoms with Gasteiger partial charge in [-0.1, -0.05) is 36.4 Å². The van der Waals surface area contributed by atoms with Crippen molar-refractivity contribution in [1.29, 1.82) is 0 Å². The predicted octanol–water partition coefficient (Wildman–Crippen LogP) is 4.79. The fourth-order valence-electron chi connectivity index (χ4n) is 3.43. The first kappa shape index (κ1) is 20.1. The number of hydrogen-bond acceptors (Lipinski definition) is 6. The Labute approximate surface area is 188 Å². The van der Waals surface area contributed by atoms with Crippen LogP contribution in [0.15, 0.2) is 102 Å². The maximum absolute atomic E-state index is 12.5. The zero-order valence-electron chi connectivity index (χ0n) is 17.2. The fourth-order valence-corrected chi connectivity index (χ4v) is 3.43. The van der Waals surface area contributed by atoms with Gasteiger partial charge in [0.05, 0.1) is 10.6 Å². The Morgan fingerprint density at radius 3 is 2.21 bits per heavy atom. The number of carbonyl (C=O) groups excluding carboxylic acids is 1. The molecule has 0 saturated heterocycles. The first-order chi connectivity index (χ1) is 16.1. The molecule has 0 radical (unpaired) electrons. The molecule has 0 bridgehead atoms. The number of cyclic esters (lactones) is 1. The molecule has 3 aromatic carbocycles. The van der Waals surface area contributed by atoms with Gasteiger partial charge in [-0.25, -0.2) is 14.5 Å². The number of aromatic nitrogens is 2. The van der Waals surface area contributed by atoms with Crippen LogP contribution in [-0.2, 0) is 9.53 Å². The molecule has 1 aromatic heterocycles. The molecule has 0 aliphatic carbocycles. The molecule has 33 heavy (non-hydrogen) atoms. The summed E-state index contributed by atoms with van der Waals surface area (Å²) < 4.78 is 7.04. The molecule has 0 unspecified atom stereocenters. The number of rotatable bonds is 5. The summed E-state index contributed by atoms with van der Waals surface area (Å²) in [6, 6.07) is 24.8. The van der Waals surface area contributed by atoms with Gasteiger partial charge in [0.2, 0.25) is 5.90 Å². The van der Waals surface area contributed by atoms with E-state index >= 15 is 0 Å². The van der Waals surface area contributed by atoms with Crippen LogP contribution in [0.25, 0.3) is 23.0 Å². The lowest BCUT2D eigenvalue weighted by Crippen LogP contribution is -2.04. The number of nitrogens with zero attached hydrogens (tertiary/aromatic N) is 4. The fraction of sp³-hybridized carbons (Fsp3) is 0. The van der Waals surface area contributed by atoms with Gasteiger partial charge >= 0.3 is 5.97 Å². The number of hydrogen-bond donors (Lipinski definition) is 0. The lowest BCUT2D eigenvalue weighted by molar-refractivity contribution is -0.384. The molecule has 0 N–H and O–H groups in total. The van der Waals surface area contributed by atoms with E-state index in [1.165, 1.54) is 12.1 Å². The quantitative estimate of drug-likeness (QED) is 0.194. The van der Waals surface area contributed by atoms with Gasteiger partial charge in [0.1, 0.15) is 5.69 Å². The normalized spacial score (nSPS) is 14.2. The average Bonchev–Trinajstić information content (AvgIpc) is 3.44. The molecule has 0 atom stereocenters. The third-order valence-corrected chi connectivity index (χ3v) is 5.05. The van der Waals surface area contributed by atoms with E-state index in [1.807, 2.05) is 60.7 Å². The average molecular weight is 436 g/mol. The van der Waals surface area contributed by atoms with Crippen LogP contribution in [0.4, 0.5) is 5.69 Å². The van der Waals surface area contributed by atoms with Crippen LogP contribution in [0.5, 0.6) is 0 Å². The standard InChI is InChI=1S/C25H16N4O4/c30-25-22(26-24(33-25)18-7-3-1-4-8-18)15-19-16-28(20-9-5-2-6-10-20)27-23(19)17-11-13-21(14-12-17)29(31)32/h1-16H. The van der Waals surface area contributed by atoms with Crippen molar-refractivity contribution in [2.45, 2.75) is 0 Å². The summed E-state index contributed by atoms with van der Waals surface area (Å²) in [5, 5.41) is 15.7. The SMILES string of the molecule is O=C1OC(c2ccccc2)=NC1=Cc1cn(-c2ccccc2)nc1-c1ccc([N+](=O)[O-])cc1. The molecule has 8 nitrogen and oxygen atoms in total. The van der Waals surface area contributed by atoms with E-state index < -0.39 is 10.9 Å². The molecular formula is C25H16N4O4. The Bertz CT molecular complexity index is 1410. The number of nitro groups is 1. The highest BCUT2D eigenvalue weighted by Gasteiger charge is 2.25. The van der Waals surface area contributed by atoms with E-state index in [0.29, 0.717) is 22.4 Å². The maximum atomic E-state index is 12.5. The van der Waals surface area contributed by atoms with Crippen molar-refractivity contribution < 1.29 is 14.5 Å². The van der Waals surface area contributed by atoms with Crippen molar-refractivity contribution in [3.05, 3.63) is 118 Å². The van der Waals surface area contributed by atoms with Crippen molar-refractivity contribution >= 4 is 23.6 Å². The van der Waals surface area contributed by atoms with E-state index in [0.717, 1.165) is 5.69 Å². The van der Waals surface area contributed by atoms with E-state index in [2.05, 4.69) is 10.1 Å². The van der Waals surface area contributed by atoms with Crippen molar-refractivity contribution in [2.75, 3.05) is 0 Å². The number of nitro benzene ring substituents is 1. The van der Waals surface area contributed by atoms with Crippen LogP contribution in [0.3, 0.4) is 0 Å². The Hall–Kier alpha value is -4.85. The Balaban J connectivity index is 1.60. The number of ether oxygens (including phenoxy) is 1. The number of para-hydroxylation sites is 1. The number of carbonyl (C=O) groups is 1. The summed E-state index contributed by atoms with van der Waals surface area (Å²) in [5.74, 6) is -0.324. The minimum Gasteiger partial charge on any atom is -0.402 e. The highest BCUT2D eigenvalue weighted by Crippen LogP contribution is 2.29. The largest absolute Gasteiger partial charge is 0.402 e. The van der Waals surface area contributed by atoms with Gasteiger partial charge in [-0.3, -0.25) is 10.1 Å². The Morgan fingerprint density at radius 1 is 0.879 bits per heavy atom. The molecule has 0 fully saturated rings. The molecule has 5 rings (SSSR count). The first-order valence-electron chi connectivity index (χ1n) is 10.1. The molecular weight excluding hydrogens is 420 g/mol. The van der Waals surface area contributed by atoms with Gasteiger partial charge in [-0.2, -0.15) is 5.10 Å². The summed E-state index contributed by atoms with van der Waals surface area (Å²) in [6.45, 7) is 0. The molecule has 8 heteroatoms. The Morgan fingerprint density at radius 2 is 1.55 bits per heavy atom. The smallest absolute Gasteiger partial charge is 0.363 e. The van der Waals surface area contributed by atoms with Gasteiger partial charge in [-0.15, -0.1) is 0 Å². The second kappa shape index (κ2) is 8.35. The lowest BCUT2D eigenvalue weighted by atomic mass is 10.1. The first-order valence-corrected chi connectivity index (χ1v) is 10.1. The van der Waals surface area contributed by atoms with Crippen molar-refractivity contribution in [3.63, 3.8) is 0 Å². The van der Waals surface area contributed by atoms with Gasteiger partial charge in [0.25, 0.3) is 5.69 Å². The number of esters is 1. The van der Waals surface area contributed by atoms with Crippen LogP contribution in [0.1, 0.15) is 11.1 Å². The zero-order chi connectivity index (χ0) is 22.8. The van der Waals surface area contributed by atoms with E-state index in [1.54, 1.807) is 29.1 Å². The number of aliphatic imine (C=N–C) groups is 1. The summed E-state index contributed by atoms with van der Waals surface area (Å²) in [5.41, 5.74) is 3.50. The van der Waals surface area contributed by atoms with E-state index in [-0.39, 0.29) is 17.3 Å². The molecule has 0 amide bonds. The minimum atomic E-state index is -0.559. The number of benzene rings is 3. The predicted molar refractivity (Wildman–Crippen MR) is 123 cm³/mol. The Kier molecular flexibility index (Phi) is 5.08. The third kappa shape index (κ3) is 4.05. The van der Waals surface area contributed by atoms with Crippen LogP contribution in [0.2, 0.25) is 0 Å². The van der Waals surface area contributed by atoms with E-state index in [9.17, 15) is 14.9 Å². The van der Waals surface area contributed by atoms with Crippen molar-refractivity contribution in [1.82, 2.24) is 9.78 Å². The summed E-state index contributed by atoms with van der Waals surface area (Å²) in [6.07, 6.45) is 3.39. The molecule has 1 aliphatic rings. The van der Waals surface area contributed by atoms with Gasteiger partial charge in [-0.05, 0) is 42.5 Å². The van der Waals surface area contributed by atoms with Crippen molar-refractivity contribution in [3.8, 4) is 16.9 Å². The highest BCUT2D eigenvalue weighted by molar-refractivity contribution is 6.13. The topological polar surface area (TPSA) is 99.6 Å². The number of non-ortho nitro benzene ring substituents is 1. The lowest BCUT2D eigenvalue weighted by Gasteiger charge is -2.00. The maximum Gasteiger partial charge on any atom is 0.363 e. The molecule has 2 heterocycles. The monoisotopic (exact) mass is 436 g/mol. The van der Waals surface area contributed by atoms with E-state index in [4.69, 9.17) is 4.74 Å². The molecule has 1 aliphatic heterocycles. The van der Waals surface area contributed by atoms with Gasteiger partial charge < -0.3 is 4.74 Å².